The number of ether oxygens (including phenoxy) is 1. The number of hydrogen-bond acceptors (Lipinski definition) is 3. The minimum Gasteiger partial charge on any atom is -0.375 e. The maximum atomic E-state index is 5.60. The van der Waals surface area contributed by atoms with E-state index < -0.39 is 0 Å². The van der Waals surface area contributed by atoms with Crippen LogP contribution in [0.5, 0.6) is 0 Å². The molecule has 1 aliphatic carbocycles. The van der Waals surface area contributed by atoms with Crippen LogP contribution in [-0.4, -0.2) is 17.6 Å². The van der Waals surface area contributed by atoms with Gasteiger partial charge in [-0.3, -0.25) is 4.98 Å². The Morgan fingerprint density at radius 2 is 2.22 bits per heavy atom. The highest BCUT2D eigenvalue weighted by Gasteiger charge is 2.19. The highest BCUT2D eigenvalue weighted by atomic mass is 16.5. The van der Waals surface area contributed by atoms with Gasteiger partial charge in [0.05, 0.1) is 12.3 Å². The van der Waals surface area contributed by atoms with Gasteiger partial charge in [0.15, 0.2) is 0 Å². The average molecular weight is 248 g/mol. The quantitative estimate of drug-likeness (QED) is 0.718. The first-order valence-electron chi connectivity index (χ1n) is 6.99. The van der Waals surface area contributed by atoms with Crippen molar-refractivity contribution in [2.75, 3.05) is 6.61 Å². The molecule has 1 heterocycles. The number of rotatable bonds is 8. The summed E-state index contributed by atoms with van der Waals surface area (Å²) >= 11 is 0. The molecule has 0 aromatic carbocycles. The first-order chi connectivity index (χ1) is 8.74. The molecule has 0 aliphatic heterocycles. The molecule has 1 aliphatic rings. The summed E-state index contributed by atoms with van der Waals surface area (Å²) in [5.41, 5.74) is 2.28. The largest absolute Gasteiger partial charge is 0.375 e. The number of pyridine rings is 1. The van der Waals surface area contributed by atoms with Crippen LogP contribution in [0.2, 0.25) is 0 Å². The minimum absolute atomic E-state index is 0.628. The predicted octanol–water partition coefficient (Wildman–Crippen LogP) is 2.90. The Kier molecular flexibility index (Phi) is 5.14. The second kappa shape index (κ2) is 6.86. The van der Waals surface area contributed by atoms with Gasteiger partial charge in [0.1, 0.15) is 0 Å². The summed E-state index contributed by atoms with van der Waals surface area (Å²) < 4.78 is 5.60. The summed E-state index contributed by atoms with van der Waals surface area (Å²) in [6, 6.07) is 4.96. The van der Waals surface area contributed by atoms with Gasteiger partial charge in [0, 0.05) is 25.4 Å². The molecule has 1 saturated carbocycles. The van der Waals surface area contributed by atoms with Crippen molar-refractivity contribution in [3.05, 3.63) is 29.6 Å². The fourth-order valence-corrected chi connectivity index (χ4v) is 1.69. The van der Waals surface area contributed by atoms with E-state index in [0.29, 0.717) is 12.5 Å². The van der Waals surface area contributed by atoms with E-state index in [1.807, 2.05) is 6.20 Å². The fourth-order valence-electron chi connectivity index (χ4n) is 1.69. The maximum absolute atomic E-state index is 5.60. The Balaban J connectivity index is 1.66. The average Bonchev–Trinajstić information content (AvgIpc) is 3.17. The second-order valence-corrected chi connectivity index (χ2v) is 5.55. The molecule has 2 rings (SSSR count). The van der Waals surface area contributed by atoms with Crippen LogP contribution in [0, 0.1) is 5.92 Å². The van der Waals surface area contributed by atoms with Crippen LogP contribution in [0.3, 0.4) is 0 Å². The molecule has 18 heavy (non-hydrogen) atoms. The third-order valence-corrected chi connectivity index (χ3v) is 3.15. The Morgan fingerprint density at radius 1 is 1.39 bits per heavy atom. The lowest BCUT2D eigenvalue weighted by molar-refractivity contribution is 0.108. The summed E-state index contributed by atoms with van der Waals surface area (Å²) in [6.07, 6.45) is 5.73. The van der Waals surface area contributed by atoms with Crippen LogP contribution in [0.4, 0.5) is 0 Å². The maximum Gasteiger partial charge on any atom is 0.0887 e. The molecule has 1 N–H and O–H groups in total. The molecule has 1 aromatic rings. The van der Waals surface area contributed by atoms with Crippen molar-refractivity contribution in [2.24, 2.45) is 5.92 Å². The molecule has 0 bridgehead atoms. The first-order valence-corrected chi connectivity index (χ1v) is 6.99. The molecule has 0 spiro atoms. The molecular formula is C15H24N2O. The van der Waals surface area contributed by atoms with Crippen molar-refractivity contribution in [3.63, 3.8) is 0 Å². The third kappa shape index (κ3) is 5.15. The Morgan fingerprint density at radius 3 is 2.83 bits per heavy atom. The van der Waals surface area contributed by atoms with E-state index in [9.17, 15) is 0 Å². The van der Waals surface area contributed by atoms with E-state index in [4.69, 9.17) is 4.74 Å². The van der Waals surface area contributed by atoms with E-state index in [0.717, 1.165) is 31.3 Å². The molecule has 0 saturated heterocycles. The minimum atomic E-state index is 0.628. The van der Waals surface area contributed by atoms with Crippen molar-refractivity contribution in [2.45, 2.75) is 52.3 Å². The fraction of sp³-hybridized carbons (Fsp3) is 0.667. The molecule has 3 nitrogen and oxygen atoms in total. The molecular weight excluding hydrogens is 224 g/mol. The zero-order chi connectivity index (χ0) is 12.8. The SMILES string of the molecule is CC(C)CCOCc1ccc(CNC2CC2)cn1. The van der Waals surface area contributed by atoms with E-state index in [-0.39, 0.29) is 0 Å². The summed E-state index contributed by atoms with van der Waals surface area (Å²) in [5, 5.41) is 3.49. The van der Waals surface area contributed by atoms with Crippen molar-refractivity contribution in [3.8, 4) is 0 Å². The van der Waals surface area contributed by atoms with Crippen molar-refractivity contribution >= 4 is 0 Å². The van der Waals surface area contributed by atoms with Crippen molar-refractivity contribution < 1.29 is 4.74 Å². The molecule has 0 atom stereocenters. The number of aromatic nitrogens is 1. The monoisotopic (exact) mass is 248 g/mol. The third-order valence-electron chi connectivity index (χ3n) is 3.15. The standard InChI is InChI=1S/C15H24N2O/c1-12(2)7-8-18-11-15-4-3-13(10-17-15)9-16-14-5-6-14/h3-4,10,12,14,16H,5-9,11H2,1-2H3. The first kappa shape index (κ1) is 13.5. The second-order valence-electron chi connectivity index (χ2n) is 5.55. The molecule has 0 radical (unpaired) electrons. The normalized spacial score (nSPS) is 15.3. The number of nitrogens with one attached hydrogen (secondary N) is 1. The van der Waals surface area contributed by atoms with Gasteiger partial charge in [0.2, 0.25) is 0 Å². The Labute approximate surface area is 110 Å². The topological polar surface area (TPSA) is 34.1 Å². The lowest BCUT2D eigenvalue weighted by atomic mass is 10.1. The summed E-state index contributed by atoms with van der Waals surface area (Å²) in [5.74, 6) is 0.703. The number of nitrogens with zero attached hydrogens (tertiary/aromatic N) is 1. The highest BCUT2D eigenvalue weighted by molar-refractivity contribution is 5.13. The molecule has 100 valence electrons. The van der Waals surface area contributed by atoms with Crippen molar-refractivity contribution in [1.29, 1.82) is 0 Å². The van der Waals surface area contributed by atoms with Gasteiger partial charge in [0.25, 0.3) is 0 Å². The van der Waals surface area contributed by atoms with Crippen LogP contribution < -0.4 is 5.32 Å². The van der Waals surface area contributed by atoms with Crippen LogP contribution in [0.15, 0.2) is 18.3 Å². The van der Waals surface area contributed by atoms with Gasteiger partial charge in [-0.25, -0.2) is 0 Å². The smallest absolute Gasteiger partial charge is 0.0887 e. The molecule has 1 aromatic heterocycles. The Bertz CT molecular complexity index is 344. The van der Waals surface area contributed by atoms with Gasteiger partial charge >= 0.3 is 0 Å². The zero-order valence-corrected chi connectivity index (χ0v) is 11.5. The predicted molar refractivity (Wildman–Crippen MR) is 73.2 cm³/mol. The van der Waals surface area contributed by atoms with E-state index in [2.05, 4.69) is 36.3 Å². The van der Waals surface area contributed by atoms with E-state index >= 15 is 0 Å². The van der Waals surface area contributed by atoms with Crippen molar-refractivity contribution in [1.82, 2.24) is 10.3 Å². The summed E-state index contributed by atoms with van der Waals surface area (Å²) in [7, 11) is 0. The van der Waals surface area contributed by atoms with Crippen LogP contribution >= 0.6 is 0 Å². The van der Waals surface area contributed by atoms with Gasteiger partial charge in [-0.05, 0) is 36.8 Å². The highest BCUT2D eigenvalue weighted by Crippen LogP contribution is 2.19. The molecule has 1 fully saturated rings. The van der Waals surface area contributed by atoms with Crippen LogP contribution in [-0.2, 0) is 17.9 Å². The number of hydrogen-bond donors (Lipinski definition) is 1. The van der Waals surface area contributed by atoms with Gasteiger partial charge in [-0.15, -0.1) is 0 Å². The van der Waals surface area contributed by atoms with Gasteiger partial charge in [-0.1, -0.05) is 19.9 Å². The summed E-state index contributed by atoms with van der Waals surface area (Å²) in [6.45, 7) is 6.81. The summed E-state index contributed by atoms with van der Waals surface area (Å²) in [4.78, 5) is 4.43. The Hall–Kier alpha value is -0.930. The van der Waals surface area contributed by atoms with Gasteiger partial charge < -0.3 is 10.1 Å². The van der Waals surface area contributed by atoms with Crippen LogP contribution in [0.1, 0.15) is 44.4 Å². The lowest BCUT2D eigenvalue weighted by Gasteiger charge is -2.07. The van der Waals surface area contributed by atoms with Gasteiger partial charge in [-0.2, -0.15) is 0 Å². The van der Waals surface area contributed by atoms with E-state index in [1.54, 1.807) is 0 Å². The molecule has 3 heteroatoms. The van der Waals surface area contributed by atoms with Crippen LogP contribution in [0.25, 0.3) is 0 Å². The lowest BCUT2D eigenvalue weighted by Crippen LogP contribution is -2.15. The molecule has 0 amide bonds. The van der Waals surface area contributed by atoms with E-state index in [1.165, 1.54) is 18.4 Å². The molecule has 0 unspecified atom stereocenters. The zero-order valence-electron chi connectivity index (χ0n) is 11.5.